The van der Waals surface area contributed by atoms with Crippen molar-refractivity contribution in [2.24, 2.45) is 11.3 Å². The van der Waals surface area contributed by atoms with Gasteiger partial charge in [0, 0.05) is 0 Å². The lowest BCUT2D eigenvalue weighted by molar-refractivity contribution is -0.104. The Morgan fingerprint density at radius 2 is 2.27 bits per heavy atom. The quantitative estimate of drug-likeness (QED) is 0.389. The summed E-state index contributed by atoms with van der Waals surface area (Å²) in [5, 5.41) is 0. The van der Waals surface area contributed by atoms with E-state index in [0.717, 1.165) is 24.7 Å². The van der Waals surface area contributed by atoms with E-state index >= 15 is 0 Å². The van der Waals surface area contributed by atoms with Gasteiger partial charge in [-0.25, -0.2) is 0 Å². The SMILES string of the molecule is C=C1CCCC(C)(C)C1CC=C(C)C=O. The van der Waals surface area contributed by atoms with Gasteiger partial charge in [0.1, 0.15) is 6.29 Å². The van der Waals surface area contributed by atoms with Crippen molar-refractivity contribution in [1.82, 2.24) is 0 Å². The van der Waals surface area contributed by atoms with Crippen LogP contribution in [0.15, 0.2) is 23.8 Å². The predicted octanol–water partition coefficient (Wildman–Crippen LogP) is 3.90. The molecule has 0 aliphatic heterocycles. The van der Waals surface area contributed by atoms with Gasteiger partial charge in [-0.15, -0.1) is 0 Å². The second kappa shape index (κ2) is 4.78. The van der Waals surface area contributed by atoms with Gasteiger partial charge >= 0.3 is 0 Å². The second-order valence-electron chi connectivity index (χ2n) is 5.35. The summed E-state index contributed by atoms with van der Waals surface area (Å²) in [6.45, 7) is 10.7. The number of allylic oxidation sites excluding steroid dienone is 3. The van der Waals surface area contributed by atoms with Gasteiger partial charge in [0.25, 0.3) is 0 Å². The zero-order valence-electron chi connectivity index (χ0n) is 10.2. The largest absolute Gasteiger partial charge is 0.298 e. The molecule has 0 spiro atoms. The molecule has 0 bridgehead atoms. The summed E-state index contributed by atoms with van der Waals surface area (Å²) in [7, 11) is 0. The zero-order chi connectivity index (χ0) is 11.5. The molecule has 1 unspecified atom stereocenters. The van der Waals surface area contributed by atoms with Gasteiger partial charge in [0.15, 0.2) is 0 Å². The number of hydrogen-bond acceptors (Lipinski definition) is 1. The summed E-state index contributed by atoms with van der Waals surface area (Å²) in [4.78, 5) is 10.5. The van der Waals surface area contributed by atoms with Crippen molar-refractivity contribution in [3.8, 4) is 0 Å². The first kappa shape index (κ1) is 12.2. The van der Waals surface area contributed by atoms with E-state index in [1.54, 1.807) is 0 Å². The molecule has 0 aromatic carbocycles. The lowest BCUT2D eigenvalue weighted by Gasteiger charge is -2.40. The summed E-state index contributed by atoms with van der Waals surface area (Å²) in [5.41, 5.74) is 2.54. The highest BCUT2D eigenvalue weighted by Crippen LogP contribution is 2.44. The molecule has 1 atom stereocenters. The number of carbonyl (C=O) groups is 1. The van der Waals surface area contributed by atoms with Crippen molar-refractivity contribution in [3.05, 3.63) is 23.8 Å². The Morgan fingerprint density at radius 1 is 1.60 bits per heavy atom. The van der Waals surface area contributed by atoms with Crippen molar-refractivity contribution in [1.29, 1.82) is 0 Å². The van der Waals surface area contributed by atoms with Gasteiger partial charge in [0.05, 0.1) is 0 Å². The Balaban J connectivity index is 2.72. The minimum atomic E-state index is 0.342. The van der Waals surface area contributed by atoms with E-state index in [-0.39, 0.29) is 0 Å². The molecule has 1 fully saturated rings. The zero-order valence-corrected chi connectivity index (χ0v) is 10.2. The average molecular weight is 206 g/mol. The van der Waals surface area contributed by atoms with Gasteiger partial charge in [-0.2, -0.15) is 0 Å². The highest BCUT2D eigenvalue weighted by atomic mass is 16.1. The molecule has 1 saturated carbocycles. The van der Waals surface area contributed by atoms with Gasteiger partial charge in [-0.3, -0.25) is 4.79 Å². The molecule has 0 aromatic rings. The molecule has 0 radical (unpaired) electrons. The summed E-state index contributed by atoms with van der Waals surface area (Å²) < 4.78 is 0. The normalized spacial score (nSPS) is 26.5. The van der Waals surface area contributed by atoms with Crippen LogP contribution in [0, 0.1) is 11.3 Å². The molecule has 0 aromatic heterocycles. The molecule has 0 N–H and O–H groups in total. The van der Waals surface area contributed by atoms with Crippen molar-refractivity contribution in [3.63, 3.8) is 0 Å². The van der Waals surface area contributed by atoms with E-state index < -0.39 is 0 Å². The van der Waals surface area contributed by atoms with Crippen LogP contribution in [-0.2, 0) is 4.79 Å². The molecule has 0 saturated heterocycles. The second-order valence-corrected chi connectivity index (χ2v) is 5.35. The Morgan fingerprint density at radius 3 is 2.80 bits per heavy atom. The minimum Gasteiger partial charge on any atom is -0.298 e. The van der Waals surface area contributed by atoms with E-state index in [4.69, 9.17) is 0 Å². The third kappa shape index (κ3) is 3.05. The fourth-order valence-corrected chi connectivity index (χ4v) is 2.51. The van der Waals surface area contributed by atoms with Crippen LogP contribution in [0.1, 0.15) is 46.5 Å². The molecule has 1 aliphatic carbocycles. The van der Waals surface area contributed by atoms with Gasteiger partial charge < -0.3 is 0 Å². The van der Waals surface area contributed by atoms with Crippen LogP contribution in [0.25, 0.3) is 0 Å². The smallest absolute Gasteiger partial charge is 0.145 e. The molecule has 1 nitrogen and oxygen atoms in total. The van der Waals surface area contributed by atoms with Crippen molar-refractivity contribution in [2.45, 2.75) is 46.5 Å². The highest BCUT2D eigenvalue weighted by Gasteiger charge is 2.33. The topological polar surface area (TPSA) is 17.1 Å². The fraction of sp³-hybridized carbons (Fsp3) is 0.643. The van der Waals surface area contributed by atoms with Crippen LogP contribution < -0.4 is 0 Å². The average Bonchev–Trinajstić information content (AvgIpc) is 2.15. The Kier molecular flexibility index (Phi) is 3.90. The van der Waals surface area contributed by atoms with Crippen molar-refractivity contribution >= 4 is 6.29 Å². The van der Waals surface area contributed by atoms with Crippen molar-refractivity contribution in [2.75, 3.05) is 0 Å². The molecule has 1 aliphatic rings. The summed E-state index contributed by atoms with van der Waals surface area (Å²) in [5.74, 6) is 0.543. The first-order valence-corrected chi connectivity index (χ1v) is 5.77. The lowest BCUT2D eigenvalue weighted by atomic mass is 9.65. The van der Waals surface area contributed by atoms with Gasteiger partial charge in [-0.1, -0.05) is 32.1 Å². The van der Waals surface area contributed by atoms with Crippen LogP contribution in [0.5, 0.6) is 0 Å². The number of rotatable bonds is 3. The standard InChI is InChI=1S/C14H22O/c1-11(10-15)7-8-13-12(2)6-5-9-14(13,3)4/h7,10,13H,2,5-6,8-9H2,1,3-4H3. The molecule has 15 heavy (non-hydrogen) atoms. The minimum absolute atomic E-state index is 0.342. The summed E-state index contributed by atoms with van der Waals surface area (Å²) >= 11 is 0. The molecular formula is C14H22O. The number of hydrogen-bond donors (Lipinski definition) is 0. The monoisotopic (exact) mass is 206 g/mol. The van der Waals surface area contributed by atoms with Crippen LogP contribution >= 0.6 is 0 Å². The number of carbonyl (C=O) groups excluding carboxylic acids is 1. The maximum atomic E-state index is 10.5. The van der Waals surface area contributed by atoms with E-state index in [9.17, 15) is 4.79 Å². The molecule has 1 heteroatoms. The molecule has 0 amide bonds. The summed E-state index contributed by atoms with van der Waals surface area (Å²) in [6.07, 6.45) is 7.64. The van der Waals surface area contributed by atoms with Crippen molar-refractivity contribution < 1.29 is 4.79 Å². The fourth-order valence-electron chi connectivity index (χ4n) is 2.51. The summed E-state index contributed by atoms with van der Waals surface area (Å²) in [6, 6.07) is 0. The third-order valence-corrected chi connectivity index (χ3v) is 3.62. The van der Waals surface area contributed by atoms with E-state index in [2.05, 4.69) is 26.5 Å². The molecule has 0 heterocycles. The first-order chi connectivity index (χ1) is 6.97. The number of aldehydes is 1. The molecular weight excluding hydrogens is 184 g/mol. The maximum absolute atomic E-state index is 10.5. The first-order valence-electron chi connectivity index (χ1n) is 5.77. The Labute approximate surface area is 93.3 Å². The van der Waals surface area contributed by atoms with Crippen LogP contribution in [-0.4, -0.2) is 6.29 Å². The molecule has 1 rings (SSSR count). The van der Waals surface area contributed by atoms with Crippen LogP contribution in [0.3, 0.4) is 0 Å². The van der Waals surface area contributed by atoms with Gasteiger partial charge in [0.2, 0.25) is 0 Å². The van der Waals surface area contributed by atoms with Crippen LogP contribution in [0.2, 0.25) is 0 Å². The van der Waals surface area contributed by atoms with Gasteiger partial charge in [-0.05, 0) is 49.5 Å². The Hall–Kier alpha value is -0.850. The van der Waals surface area contributed by atoms with E-state index in [1.807, 2.05) is 6.92 Å². The lowest BCUT2D eigenvalue weighted by Crippen LogP contribution is -2.29. The highest BCUT2D eigenvalue weighted by molar-refractivity contribution is 5.71. The van der Waals surface area contributed by atoms with E-state index in [0.29, 0.717) is 11.3 Å². The maximum Gasteiger partial charge on any atom is 0.145 e. The van der Waals surface area contributed by atoms with E-state index in [1.165, 1.54) is 18.4 Å². The Bertz CT molecular complexity index is 284. The third-order valence-electron chi connectivity index (χ3n) is 3.62. The van der Waals surface area contributed by atoms with Crippen LogP contribution in [0.4, 0.5) is 0 Å². The predicted molar refractivity (Wildman–Crippen MR) is 64.7 cm³/mol. The molecule has 84 valence electrons.